The lowest BCUT2D eigenvalue weighted by molar-refractivity contribution is 0.103. The zero-order valence-corrected chi connectivity index (χ0v) is 10.00. The van der Waals surface area contributed by atoms with Crippen LogP contribution in [0.2, 0.25) is 0 Å². The number of ketones is 1. The second-order valence-electron chi connectivity index (χ2n) is 4.04. The van der Waals surface area contributed by atoms with E-state index >= 15 is 0 Å². The van der Waals surface area contributed by atoms with Gasteiger partial charge in [-0.15, -0.1) is 0 Å². The van der Waals surface area contributed by atoms with Gasteiger partial charge in [0.25, 0.3) is 0 Å². The lowest BCUT2D eigenvalue weighted by atomic mass is 10.0. The molecule has 0 N–H and O–H groups in total. The molecule has 2 rings (SSSR count). The molecule has 0 aliphatic heterocycles. The summed E-state index contributed by atoms with van der Waals surface area (Å²) in [5.41, 5.74) is 1.88. The van der Waals surface area contributed by atoms with Crippen LogP contribution in [0.4, 0.5) is 8.78 Å². The number of halogens is 2. The van der Waals surface area contributed by atoms with Crippen molar-refractivity contribution < 1.29 is 13.6 Å². The smallest absolute Gasteiger partial charge is 0.194 e. The molecule has 1 aromatic carbocycles. The van der Waals surface area contributed by atoms with E-state index in [-0.39, 0.29) is 11.3 Å². The Kier molecular flexibility index (Phi) is 3.19. The third-order valence-corrected chi connectivity index (χ3v) is 2.65. The van der Waals surface area contributed by atoms with Gasteiger partial charge in [0.05, 0.1) is 0 Å². The number of rotatable bonds is 2. The largest absolute Gasteiger partial charge is 0.289 e. The number of nitrogens with zero attached hydrogens (tertiary/aromatic N) is 1. The lowest BCUT2D eigenvalue weighted by Crippen LogP contribution is -2.06. The predicted molar refractivity (Wildman–Crippen MR) is 63.5 cm³/mol. The second-order valence-corrected chi connectivity index (χ2v) is 4.04. The van der Waals surface area contributed by atoms with Crippen LogP contribution in [0, 0.1) is 25.5 Å². The number of pyridine rings is 1. The normalized spacial score (nSPS) is 10.4. The van der Waals surface area contributed by atoms with Crippen LogP contribution in [0.5, 0.6) is 0 Å². The molecule has 0 saturated carbocycles. The fourth-order valence-corrected chi connectivity index (χ4v) is 1.72. The number of hydrogen-bond acceptors (Lipinski definition) is 2. The molecule has 0 aliphatic carbocycles. The Balaban J connectivity index is 2.44. The summed E-state index contributed by atoms with van der Waals surface area (Å²) in [6.45, 7) is 3.53. The maximum atomic E-state index is 13.1. The van der Waals surface area contributed by atoms with Crippen LogP contribution in [0.3, 0.4) is 0 Å². The highest BCUT2D eigenvalue weighted by Gasteiger charge is 2.14. The Hall–Kier alpha value is -2.10. The van der Waals surface area contributed by atoms with Crippen LogP contribution < -0.4 is 0 Å². The van der Waals surface area contributed by atoms with Crippen molar-refractivity contribution in [3.63, 3.8) is 0 Å². The molecule has 1 heterocycles. The predicted octanol–water partition coefficient (Wildman–Crippen LogP) is 3.21. The number of aromatic nitrogens is 1. The van der Waals surface area contributed by atoms with Gasteiger partial charge < -0.3 is 0 Å². The van der Waals surface area contributed by atoms with Gasteiger partial charge >= 0.3 is 0 Å². The zero-order valence-electron chi connectivity index (χ0n) is 10.00. The van der Waals surface area contributed by atoms with Crippen LogP contribution in [0.15, 0.2) is 30.3 Å². The van der Waals surface area contributed by atoms with Crippen molar-refractivity contribution in [3.05, 3.63) is 64.5 Å². The van der Waals surface area contributed by atoms with Gasteiger partial charge in [-0.05, 0) is 44.2 Å². The molecule has 0 radical (unpaired) electrons. The quantitative estimate of drug-likeness (QED) is 0.763. The number of aryl methyl sites for hydroxylation is 2. The first-order valence-corrected chi connectivity index (χ1v) is 5.43. The molecule has 1 aromatic heterocycles. The summed E-state index contributed by atoms with van der Waals surface area (Å²) in [4.78, 5) is 16.3. The van der Waals surface area contributed by atoms with Gasteiger partial charge in [-0.3, -0.25) is 9.78 Å². The van der Waals surface area contributed by atoms with Crippen molar-refractivity contribution in [1.82, 2.24) is 4.98 Å². The Labute approximate surface area is 103 Å². The highest BCUT2D eigenvalue weighted by atomic mass is 19.2. The van der Waals surface area contributed by atoms with E-state index in [9.17, 15) is 13.6 Å². The van der Waals surface area contributed by atoms with E-state index in [0.717, 1.165) is 17.8 Å². The SMILES string of the molecule is Cc1ccc(C(=O)c2ccc(F)c(F)c2)c(C)n1. The Bertz CT molecular complexity index is 623. The van der Waals surface area contributed by atoms with Gasteiger partial charge in [0.2, 0.25) is 0 Å². The summed E-state index contributed by atoms with van der Waals surface area (Å²) in [7, 11) is 0. The van der Waals surface area contributed by atoms with Gasteiger partial charge in [-0.2, -0.15) is 0 Å². The maximum Gasteiger partial charge on any atom is 0.194 e. The summed E-state index contributed by atoms with van der Waals surface area (Å²) in [6, 6.07) is 6.46. The summed E-state index contributed by atoms with van der Waals surface area (Å²) in [6.07, 6.45) is 0. The molecule has 0 unspecified atom stereocenters. The summed E-state index contributed by atoms with van der Waals surface area (Å²) >= 11 is 0. The van der Waals surface area contributed by atoms with Crippen LogP contribution in [0.25, 0.3) is 0 Å². The Morgan fingerprint density at radius 1 is 1.06 bits per heavy atom. The minimum atomic E-state index is -1.03. The van der Waals surface area contributed by atoms with E-state index in [4.69, 9.17) is 0 Å². The number of hydrogen-bond donors (Lipinski definition) is 0. The van der Waals surface area contributed by atoms with E-state index < -0.39 is 11.6 Å². The Morgan fingerprint density at radius 3 is 2.39 bits per heavy atom. The third-order valence-electron chi connectivity index (χ3n) is 2.65. The number of benzene rings is 1. The first kappa shape index (κ1) is 12.4. The van der Waals surface area contributed by atoms with Gasteiger partial charge in [0.1, 0.15) is 0 Å². The molecule has 92 valence electrons. The van der Waals surface area contributed by atoms with Crippen LogP contribution in [0.1, 0.15) is 27.3 Å². The molecule has 2 nitrogen and oxygen atoms in total. The highest BCUT2D eigenvalue weighted by Crippen LogP contribution is 2.15. The molecular formula is C14H11F2NO. The topological polar surface area (TPSA) is 30.0 Å². The Morgan fingerprint density at radius 2 is 1.78 bits per heavy atom. The molecule has 0 bridgehead atoms. The number of carbonyl (C=O) groups is 1. The van der Waals surface area contributed by atoms with Crippen molar-refractivity contribution in [2.24, 2.45) is 0 Å². The third kappa shape index (κ3) is 2.27. The highest BCUT2D eigenvalue weighted by molar-refractivity contribution is 6.09. The summed E-state index contributed by atoms with van der Waals surface area (Å²) in [5, 5.41) is 0. The monoisotopic (exact) mass is 247 g/mol. The molecule has 18 heavy (non-hydrogen) atoms. The minimum absolute atomic E-state index is 0.114. The van der Waals surface area contributed by atoms with Gasteiger partial charge in [0, 0.05) is 22.5 Å². The molecule has 0 atom stereocenters. The molecule has 0 saturated heterocycles. The fourth-order valence-electron chi connectivity index (χ4n) is 1.72. The fraction of sp³-hybridized carbons (Fsp3) is 0.143. The van der Waals surface area contributed by atoms with Crippen molar-refractivity contribution >= 4 is 5.78 Å². The molecule has 4 heteroatoms. The molecule has 2 aromatic rings. The van der Waals surface area contributed by atoms with E-state index in [1.807, 2.05) is 6.92 Å². The van der Waals surface area contributed by atoms with Gasteiger partial charge in [0.15, 0.2) is 17.4 Å². The van der Waals surface area contributed by atoms with E-state index in [1.165, 1.54) is 6.07 Å². The van der Waals surface area contributed by atoms with Gasteiger partial charge in [-0.1, -0.05) is 0 Å². The second kappa shape index (κ2) is 4.64. The van der Waals surface area contributed by atoms with E-state index in [0.29, 0.717) is 11.3 Å². The average Bonchev–Trinajstić information content (AvgIpc) is 2.32. The van der Waals surface area contributed by atoms with Crippen molar-refractivity contribution in [2.45, 2.75) is 13.8 Å². The first-order chi connectivity index (χ1) is 8.49. The first-order valence-electron chi connectivity index (χ1n) is 5.43. The summed E-state index contributed by atoms with van der Waals surface area (Å²) < 4.78 is 25.9. The van der Waals surface area contributed by atoms with Crippen molar-refractivity contribution in [2.75, 3.05) is 0 Å². The molecule has 0 aliphatic rings. The minimum Gasteiger partial charge on any atom is -0.289 e. The maximum absolute atomic E-state index is 13.1. The van der Waals surface area contributed by atoms with E-state index in [1.54, 1.807) is 19.1 Å². The average molecular weight is 247 g/mol. The van der Waals surface area contributed by atoms with Gasteiger partial charge in [-0.25, -0.2) is 8.78 Å². The van der Waals surface area contributed by atoms with Crippen molar-refractivity contribution in [3.8, 4) is 0 Å². The summed E-state index contributed by atoms with van der Waals surface area (Å²) in [5.74, 6) is -2.36. The van der Waals surface area contributed by atoms with Crippen LogP contribution in [-0.2, 0) is 0 Å². The van der Waals surface area contributed by atoms with Crippen LogP contribution >= 0.6 is 0 Å². The molecule has 0 fully saturated rings. The van der Waals surface area contributed by atoms with Crippen molar-refractivity contribution in [1.29, 1.82) is 0 Å². The lowest BCUT2D eigenvalue weighted by Gasteiger charge is -2.05. The van der Waals surface area contributed by atoms with E-state index in [2.05, 4.69) is 4.98 Å². The molecule has 0 amide bonds. The standard InChI is InChI=1S/C14H11F2NO/c1-8-3-5-11(9(2)17-8)14(18)10-4-6-12(15)13(16)7-10/h3-7H,1-2H3. The molecule has 0 spiro atoms. The molecular weight excluding hydrogens is 236 g/mol. The van der Waals surface area contributed by atoms with Crippen LogP contribution in [-0.4, -0.2) is 10.8 Å². The number of carbonyl (C=O) groups excluding carboxylic acids is 1. The zero-order chi connectivity index (χ0) is 13.3.